The molecule has 1 aliphatic rings. The molecule has 11 heteroatoms. The summed E-state index contributed by atoms with van der Waals surface area (Å²) in [6, 6.07) is 11.5. The molecule has 2 heterocycles. The van der Waals surface area contributed by atoms with Gasteiger partial charge in [0.2, 0.25) is 10.0 Å². The lowest BCUT2D eigenvalue weighted by Gasteiger charge is -2.22. The highest BCUT2D eigenvalue weighted by atomic mass is 35.5. The zero-order valence-electron chi connectivity index (χ0n) is 20.0. The van der Waals surface area contributed by atoms with Gasteiger partial charge in [-0.2, -0.15) is 4.31 Å². The second-order valence-electron chi connectivity index (χ2n) is 8.81. The van der Waals surface area contributed by atoms with E-state index in [1.165, 1.54) is 27.8 Å². The van der Waals surface area contributed by atoms with E-state index in [1.54, 1.807) is 30.1 Å². The van der Waals surface area contributed by atoms with Gasteiger partial charge in [-0.1, -0.05) is 22.9 Å². The second-order valence-corrected chi connectivity index (χ2v) is 12.3. The minimum atomic E-state index is -3.69. The number of anilines is 1. The van der Waals surface area contributed by atoms with Crippen LogP contribution in [-0.4, -0.2) is 82.0 Å². The fourth-order valence-corrected chi connectivity index (χ4v) is 6.33. The lowest BCUT2D eigenvalue weighted by atomic mass is 10.2. The molecule has 8 nitrogen and oxygen atoms in total. The van der Waals surface area contributed by atoms with E-state index in [1.807, 2.05) is 31.1 Å². The van der Waals surface area contributed by atoms with Crippen molar-refractivity contribution in [3.05, 3.63) is 53.1 Å². The van der Waals surface area contributed by atoms with Gasteiger partial charge in [-0.15, -0.1) is 0 Å². The number of likely N-dealkylation sites (N-methyl/N-ethyl adjacent to an activating group) is 2. The van der Waals surface area contributed by atoms with Gasteiger partial charge in [0.25, 0.3) is 5.91 Å². The third-order valence-corrected chi connectivity index (χ3v) is 8.99. The molecule has 0 bridgehead atoms. The summed E-state index contributed by atoms with van der Waals surface area (Å²) in [5, 5.41) is 1.18. The SMILES string of the molecule is CN(C)CCN(C(=O)c1ccc(S(=O)(=O)N(C)C[C@@H]2CCCO2)cc1)c1nc2ccc(Cl)cc2s1. The molecule has 0 aliphatic carbocycles. The second kappa shape index (κ2) is 10.9. The van der Waals surface area contributed by atoms with Crippen molar-refractivity contribution in [2.24, 2.45) is 0 Å². The topological polar surface area (TPSA) is 83.1 Å². The summed E-state index contributed by atoms with van der Waals surface area (Å²) in [4.78, 5) is 21.9. The van der Waals surface area contributed by atoms with E-state index in [0.29, 0.717) is 42.0 Å². The Kier molecular flexibility index (Phi) is 8.09. The number of ether oxygens (including phenoxy) is 1. The highest BCUT2D eigenvalue weighted by molar-refractivity contribution is 7.89. The van der Waals surface area contributed by atoms with Crippen LogP contribution in [0.25, 0.3) is 10.2 Å². The molecule has 35 heavy (non-hydrogen) atoms. The molecule has 188 valence electrons. The Morgan fingerprint density at radius 2 is 1.89 bits per heavy atom. The van der Waals surface area contributed by atoms with Crippen molar-refractivity contribution in [2.75, 3.05) is 52.3 Å². The number of nitrogens with zero attached hydrogens (tertiary/aromatic N) is 4. The molecule has 0 N–H and O–H groups in total. The van der Waals surface area contributed by atoms with Gasteiger partial charge in [0, 0.05) is 43.9 Å². The molecule has 1 atom stereocenters. The van der Waals surface area contributed by atoms with E-state index in [-0.39, 0.29) is 16.9 Å². The number of aromatic nitrogens is 1. The molecule has 1 aliphatic heterocycles. The first kappa shape index (κ1) is 26.0. The summed E-state index contributed by atoms with van der Waals surface area (Å²) in [6.45, 7) is 2.05. The molecule has 1 saturated heterocycles. The van der Waals surface area contributed by atoms with Crippen molar-refractivity contribution in [2.45, 2.75) is 23.8 Å². The fourth-order valence-electron chi connectivity index (χ4n) is 3.86. The van der Waals surface area contributed by atoms with Gasteiger partial charge in [0.1, 0.15) is 0 Å². The average Bonchev–Trinajstić information content (AvgIpc) is 3.48. The molecular weight excluding hydrogens is 508 g/mol. The maximum Gasteiger partial charge on any atom is 0.260 e. The van der Waals surface area contributed by atoms with Crippen LogP contribution in [0.3, 0.4) is 0 Å². The molecule has 0 unspecified atom stereocenters. The predicted octanol–water partition coefficient (Wildman–Crippen LogP) is 3.96. The Morgan fingerprint density at radius 1 is 1.14 bits per heavy atom. The van der Waals surface area contributed by atoms with E-state index in [0.717, 1.165) is 23.1 Å². The molecule has 4 rings (SSSR count). The zero-order chi connectivity index (χ0) is 25.2. The number of hydrogen-bond donors (Lipinski definition) is 0. The number of halogens is 1. The van der Waals surface area contributed by atoms with Crippen molar-refractivity contribution in [1.29, 1.82) is 0 Å². The van der Waals surface area contributed by atoms with Crippen molar-refractivity contribution in [3.63, 3.8) is 0 Å². The van der Waals surface area contributed by atoms with Gasteiger partial charge in [-0.3, -0.25) is 9.69 Å². The Morgan fingerprint density at radius 3 is 2.54 bits per heavy atom. The number of hydrogen-bond acceptors (Lipinski definition) is 7. The van der Waals surface area contributed by atoms with Crippen LogP contribution < -0.4 is 4.90 Å². The molecule has 1 amide bonds. The Labute approximate surface area is 215 Å². The number of benzene rings is 2. The molecule has 1 fully saturated rings. The lowest BCUT2D eigenvalue weighted by molar-refractivity contribution is 0.0978. The predicted molar refractivity (Wildman–Crippen MR) is 140 cm³/mol. The average molecular weight is 537 g/mol. The zero-order valence-corrected chi connectivity index (χ0v) is 22.4. The van der Waals surface area contributed by atoms with E-state index >= 15 is 0 Å². The van der Waals surface area contributed by atoms with Crippen LogP contribution >= 0.6 is 22.9 Å². The Bertz CT molecular complexity index is 1290. The Balaban J connectivity index is 1.56. The van der Waals surface area contributed by atoms with Crippen LogP contribution in [-0.2, 0) is 14.8 Å². The molecule has 0 spiro atoms. The summed E-state index contributed by atoms with van der Waals surface area (Å²) in [6.07, 6.45) is 1.72. The number of rotatable bonds is 9. The summed E-state index contributed by atoms with van der Waals surface area (Å²) < 4.78 is 33.8. The van der Waals surface area contributed by atoms with Crippen LogP contribution in [0.5, 0.6) is 0 Å². The fraction of sp³-hybridized carbons (Fsp3) is 0.417. The van der Waals surface area contributed by atoms with Crippen LogP contribution in [0.2, 0.25) is 5.02 Å². The molecule has 1 aromatic heterocycles. The quantitative estimate of drug-likeness (QED) is 0.412. The van der Waals surface area contributed by atoms with Crippen molar-refractivity contribution < 1.29 is 17.9 Å². The smallest absolute Gasteiger partial charge is 0.260 e. The summed E-state index contributed by atoms with van der Waals surface area (Å²) in [5.41, 5.74) is 1.16. The van der Waals surface area contributed by atoms with Gasteiger partial charge in [0.05, 0.1) is 21.2 Å². The van der Waals surface area contributed by atoms with Crippen LogP contribution in [0, 0.1) is 0 Å². The summed E-state index contributed by atoms with van der Waals surface area (Å²) in [5.74, 6) is -0.242. The van der Waals surface area contributed by atoms with Gasteiger partial charge in [-0.05, 0) is 69.4 Å². The standard InChI is InChI=1S/C24H29ClN4O4S2/c1-27(2)12-13-29(24-26-21-11-8-18(25)15-22(21)34-24)23(30)17-6-9-20(10-7-17)35(31,32)28(3)16-19-5-4-14-33-19/h6-11,15,19H,4-5,12-14,16H2,1-3H3/t19-/m0/s1. The summed E-state index contributed by atoms with van der Waals surface area (Å²) >= 11 is 7.52. The van der Waals surface area contributed by atoms with Gasteiger partial charge >= 0.3 is 0 Å². The number of carbonyl (C=O) groups is 1. The highest BCUT2D eigenvalue weighted by Crippen LogP contribution is 2.31. The first-order valence-corrected chi connectivity index (χ1v) is 14.0. The van der Waals surface area contributed by atoms with E-state index < -0.39 is 10.0 Å². The third-order valence-electron chi connectivity index (χ3n) is 5.88. The first-order chi connectivity index (χ1) is 16.6. The number of fused-ring (bicyclic) bond motifs is 1. The number of amides is 1. The lowest BCUT2D eigenvalue weighted by Crippen LogP contribution is -2.37. The van der Waals surface area contributed by atoms with E-state index in [9.17, 15) is 13.2 Å². The molecular formula is C24H29ClN4O4S2. The van der Waals surface area contributed by atoms with Gasteiger partial charge < -0.3 is 9.64 Å². The third kappa shape index (κ3) is 6.02. The maximum absolute atomic E-state index is 13.5. The first-order valence-electron chi connectivity index (χ1n) is 11.4. The molecule has 2 aromatic carbocycles. The minimum absolute atomic E-state index is 0.0791. The van der Waals surface area contributed by atoms with Crippen LogP contribution in [0.1, 0.15) is 23.2 Å². The number of carbonyl (C=O) groups excluding carboxylic acids is 1. The minimum Gasteiger partial charge on any atom is -0.377 e. The van der Waals surface area contributed by atoms with Crippen molar-refractivity contribution in [1.82, 2.24) is 14.2 Å². The Hall–Kier alpha value is -2.08. The molecule has 0 saturated carbocycles. The molecule has 0 radical (unpaired) electrons. The molecule has 3 aromatic rings. The largest absolute Gasteiger partial charge is 0.377 e. The highest BCUT2D eigenvalue weighted by Gasteiger charge is 2.27. The number of sulfonamides is 1. The summed E-state index contributed by atoms with van der Waals surface area (Å²) in [7, 11) is 1.74. The maximum atomic E-state index is 13.5. The monoisotopic (exact) mass is 536 g/mol. The van der Waals surface area contributed by atoms with Crippen LogP contribution in [0.4, 0.5) is 5.13 Å². The van der Waals surface area contributed by atoms with Gasteiger partial charge in [0.15, 0.2) is 5.13 Å². The normalized spacial score (nSPS) is 16.5. The van der Waals surface area contributed by atoms with Crippen LogP contribution in [0.15, 0.2) is 47.4 Å². The van der Waals surface area contributed by atoms with Gasteiger partial charge in [-0.25, -0.2) is 13.4 Å². The van der Waals surface area contributed by atoms with E-state index in [2.05, 4.69) is 4.98 Å². The van der Waals surface area contributed by atoms with Crippen molar-refractivity contribution >= 4 is 54.2 Å². The van der Waals surface area contributed by atoms with Crippen molar-refractivity contribution in [3.8, 4) is 0 Å². The van der Waals surface area contributed by atoms with E-state index in [4.69, 9.17) is 16.3 Å². The number of thiazole rings is 1.